The van der Waals surface area contributed by atoms with Crippen LogP contribution in [0.1, 0.15) is 58.8 Å². The molecule has 0 saturated carbocycles. The van der Waals surface area contributed by atoms with Gasteiger partial charge in [0.25, 0.3) is 11.8 Å². The summed E-state index contributed by atoms with van der Waals surface area (Å²) in [4.78, 5) is 30.4. The van der Waals surface area contributed by atoms with Crippen molar-refractivity contribution in [3.63, 3.8) is 0 Å². The van der Waals surface area contributed by atoms with E-state index < -0.39 is 24.0 Å². The number of fused-ring (bicyclic) bond motifs is 1. The van der Waals surface area contributed by atoms with Crippen molar-refractivity contribution >= 4 is 11.8 Å². The molecule has 0 spiro atoms. The van der Waals surface area contributed by atoms with E-state index in [9.17, 15) is 14.7 Å². The number of carbonyl (C=O) groups is 2. The Morgan fingerprint density at radius 3 is 2.33 bits per heavy atom. The van der Waals surface area contributed by atoms with Gasteiger partial charge in [-0.1, -0.05) is 31.9 Å². The lowest BCUT2D eigenvalue weighted by Crippen LogP contribution is -2.37. The predicted molar refractivity (Wildman–Crippen MR) is 85.0 cm³/mol. The number of carbonyl (C=O) groups excluding carboxylic acids is 2. The van der Waals surface area contributed by atoms with Crippen LogP contribution in [-0.2, 0) is 4.84 Å². The Balaban J connectivity index is 1.80. The first-order valence-electron chi connectivity index (χ1n) is 7.99. The summed E-state index contributed by atoms with van der Waals surface area (Å²) in [6.07, 6.45) is 1.82. The topological polar surface area (TPSA) is 80.0 Å². The fraction of sp³-hybridized carbons (Fsp3) is 0.333. The number of hydrogen-bond acceptors (Lipinski definition) is 5. The minimum Gasteiger partial charge on any atom is -0.466 e. The molecule has 2 amide bonds. The molecule has 0 bridgehead atoms. The Kier molecular flexibility index (Phi) is 4.78. The summed E-state index contributed by atoms with van der Waals surface area (Å²) in [6, 6.07) is 9.86. The SMILES string of the molecule is CCCCC(ON1C(=O)c2ccccc2C1=O)C(O)c1ccco1. The maximum Gasteiger partial charge on any atom is 0.285 e. The second-order valence-corrected chi connectivity index (χ2v) is 5.70. The lowest BCUT2D eigenvalue weighted by atomic mass is 10.1. The van der Waals surface area contributed by atoms with Crippen molar-refractivity contribution in [1.29, 1.82) is 0 Å². The zero-order valence-corrected chi connectivity index (χ0v) is 13.3. The maximum absolute atomic E-state index is 12.4. The number of amides is 2. The number of aliphatic hydroxyl groups is 1. The molecule has 0 aliphatic carbocycles. The van der Waals surface area contributed by atoms with Crippen molar-refractivity contribution in [2.24, 2.45) is 0 Å². The van der Waals surface area contributed by atoms with Gasteiger partial charge in [0.1, 0.15) is 18.0 Å². The highest BCUT2D eigenvalue weighted by atomic mass is 16.7. The molecule has 6 nitrogen and oxygen atoms in total. The molecule has 2 unspecified atom stereocenters. The van der Waals surface area contributed by atoms with Crippen molar-refractivity contribution in [2.45, 2.75) is 38.4 Å². The summed E-state index contributed by atoms with van der Waals surface area (Å²) in [6.45, 7) is 2.01. The summed E-state index contributed by atoms with van der Waals surface area (Å²) in [5, 5.41) is 11.2. The first-order valence-corrected chi connectivity index (χ1v) is 7.99. The molecule has 0 radical (unpaired) electrons. The molecular weight excluding hydrogens is 310 g/mol. The fourth-order valence-electron chi connectivity index (χ4n) is 2.71. The predicted octanol–water partition coefficient (Wildman–Crippen LogP) is 3.10. The molecule has 1 aliphatic rings. The van der Waals surface area contributed by atoms with Gasteiger partial charge in [0, 0.05) is 0 Å². The van der Waals surface area contributed by atoms with Crippen molar-refractivity contribution in [3.05, 3.63) is 59.5 Å². The molecule has 2 atom stereocenters. The van der Waals surface area contributed by atoms with E-state index in [4.69, 9.17) is 9.25 Å². The molecule has 1 aromatic heterocycles. The van der Waals surface area contributed by atoms with Gasteiger partial charge in [-0.25, -0.2) is 0 Å². The third kappa shape index (κ3) is 2.98. The normalized spacial score (nSPS) is 16.3. The van der Waals surface area contributed by atoms with Crippen molar-refractivity contribution < 1.29 is 24.0 Å². The van der Waals surface area contributed by atoms with Crippen molar-refractivity contribution in [1.82, 2.24) is 5.06 Å². The van der Waals surface area contributed by atoms with Crippen LogP contribution in [0, 0.1) is 0 Å². The molecule has 6 heteroatoms. The van der Waals surface area contributed by atoms with E-state index in [0.29, 0.717) is 23.3 Å². The van der Waals surface area contributed by atoms with Crippen LogP contribution in [0.15, 0.2) is 47.1 Å². The number of benzene rings is 1. The van der Waals surface area contributed by atoms with Gasteiger partial charge in [0.2, 0.25) is 0 Å². The molecule has 1 aromatic carbocycles. The number of furan rings is 1. The van der Waals surface area contributed by atoms with Crippen LogP contribution in [0.4, 0.5) is 0 Å². The highest BCUT2D eigenvalue weighted by molar-refractivity contribution is 6.20. The van der Waals surface area contributed by atoms with Gasteiger partial charge >= 0.3 is 0 Å². The minimum atomic E-state index is -1.06. The van der Waals surface area contributed by atoms with Crippen LogP contribution >= 0.6 is 0 Å². The second-order valence-electron chi connectivity index (χ2n) is 5.70. The van der Waals surface area contributed by atoms with Crippen molar-refractivity contribution in [3.8, 4) is 0 Å². The van der Waals surface area contributed by atoms with Crippen LogP contribution in [0.3, 0.4) is 0 Å². The summed E-state index contributed by atoms with van der Waals surface area (Å²) >= 11 is 0. The van der Waals surface area contributed by atoms with Crippen LogP contribution in [0.25, 0.3) is 0 Å². The number of nitrogens with zero attached hydrogens (tertiary/aromatic N) is 1. The van der Waals surface area contributed by atoms with E-state index >= 15 is 0 Å². The molecule has 3 rings (SSSR count). The molecule has 24 heavy (non-hydrogen) atoms. The summed E-state index contributed by atoms with van der Waals surface area (Å²) in [5.74, 6) is -0.680. The highest BCUT2D eigenvalue weighted by Gasteiger charge is 2.39. The van der Waals surface area contributed by atoms with E-state index in [2.05, 4.69) is 0 Å². The van der Waals surface area contributed by atoms with Crippen LogP contribution in [-0.4, -0.2) is 28.1 Å². The average Bonchev–Trinajstić information content (AvgIpc) is 3.21. The average molecular weight is 329 g/mol. The zero-order chi connectivity index (χ0) is 17.1. The monoisotopic (exact) mass is 329 g/mol. The van der Waals surface area contributed by atoms with Gasteiger partial charge in [-0.15, -0.1) is 5.06 Å². The smallest absolute Gasteiger partial charge is 0.285 e. The number of unbranched alkanes of at least 4 members (excludes halogenated alkanes) is 1. The highest BCUT2D eigenvalue weighted by Crippen LogP contribution is 2.29. The van der Waals surface area contributed by atoms with E-state index in [1.54, 1.807) is 36.4 Å². The van der Waals surface area contributed by atoms with Crippen LogP contribution in [0.2, 0.25) is 0 Å². The molecule has 126 valence electrons. The molecule has 0 saturated heterocycles. The van der Waals surface area contributed by atoms with Crippen molar-refractivity contribution in [2.75, 3.05) is 0 Å². The largest absolute Gasteiger partial charge is 0.466 e. The Bertz CT molecular complexity index is 690. The zero-order valence-electron chi connectivity index (χ0n) is 13.3. The molecule has 1 aliphatic heterocycles. The lowest BCUT2D eigenvalue weighted by molar-refractivity contribution is -0.171. The number of aliphatic hydroxyl groups excluding tert-OH is 1. The van der Waals surface area contributed by atoms with Crippen LogP contribution < -0.4 is 0 Å². The lowest BCUT2D eigenvalue weighted by Gasteiger charge is -2.25. The number of hydroxylamine groups is 2. The van der Waals surface area contributed by atoms with Gasteiger partial charge in [-0.3, -0.25) is 14.4 Å². The Morgan fingerprint density at radius 2 is 1.79 bits per heavy atom. The molecular formula is C18H19NO5. The molecule has 2 heterocycles. The number of hydrogen-bond donors (Lipinski definition) is 1. The molecule has 2 aromatic rings. The fourth-order valence-corrected chi connectivity index (χ4v) is 2.71. The second kappa shape index (κ2) is 6.98. The molecule has 1 N–H and O–H groups in total. The third-order valence-corrected chi connectivity index (χ3v) is 4.03. The first kappa shape index (κ1) is 16.4. The number of imide groups is 1. The van der Waals surface area contributed by atoms with E-state index in [1.165, 1.54) is 6.26 Å². The quantitative estimate of drug-likeness (QED) is 0.790. The third-order valence-electron chi connectivity index (χ3n) is 4.03. The van der Waals surface area contributed by atoms with Gasteiger partial charge in [0.05, 0.1) is 17.4 Å². The van der Waals surface area contributed by atoms with E-state index in [-0.39, 0.29) is 0 Å². The minimum absolute atomic E-state index is 0.309. The van der Waals surface area contributed by atoms with E-state index in [1.807, 2.05) is 6.92 Å². The Labute approximate surface area is 139 Å². The first-order chi connectivity index (χ1) is 11.6. The van der Waals surface area contributed by atoms with Crippen LogP contribution in [0.5, 0.6) is 0 Å². The van der Waals surface area contributed by atoms with Gasteiger partial charge in [-0.05, 0) is 30.7 Å². The van der Waals surface area contributed by atoms with Gasteiger partial charge in [0.15, 0.2) is 0 Å². The molecule has 0 fully saturated rings. The standard InChI is InChI=1S/C18H19NO5/c1-2-3-9-15(16(20)14-10-6-11-23-14)24-19-17(21)12-7-4-5-8-13(12)18(19)22/h4-8,10-11,15-16,20H,2-3,9H2,1H3. The van der Waals surface area contributed by atoms with Gasteiger partial charge in [-0.2, -0.15) is 0 Å². The Morgan fingerprint density at radius 1 is 1.12 bits per heavy atom. The summed E-state index contributed by atoms with van der Waals surface area (Å²) in [5.41, 5.74) is 0.619. The maximum atomic E-state index is 12.4. The summed E-state index contributed by atoms with van der Waals surface area (Å²) < 4.78 is 5.22. The summed E-state index contributed by atoms with van der Waals surface area (Å²) in [7, 11) is 0. The Hall–Kier alpha value is -2.44. The number of rotatable bonds is 7. The van der Waals surface area contributed by atoms with E-state index in [0.717, 1.165) is 17.9 Å². The van der Waals surface area contributed by atoms with Gasteiger partial charge < -0.3 is 9.52 Å².